The average Bonchev–Trinajstić information content (AvgIpc) is 3.66. The summed E-state index contributed by atoms with van der Waals surface area (Å²) < 4.78 is 16.7. The standard InChI is InChI=1S/C29H32N4O5/c1-3-20-17-27(34)33(18-19-8-11-22(12-9-19)31-29(35)25-14-15-30-38-25)32-28(20)21-10-13-24(36-2)26(16-21)37-23-6-4-5-7-23/h8-16,20,23H,3-7,17-18H2,1-2H3,(H,31,35). The van der Waals surface area contributed by atoms with E-state index in [0.717, 1.165) is 41.9 Å². The summed E-state index contributed by atoms with van der Waals surface area (Å²) in [6.45, 7) is 2.41. The van der Waals surface area contributed by atoms with Crippen LogP contribution in [0.15, 0.2) is 64.4 Å². The van der Waals surface area contributed by atoms with Crippen LogP contribution < -0.4 is 14.8 Å². The van der Waals surface area contributed by atoms with Gasteiger partial charge in [0, 0.05) is 29.7 Å². The van der Waals surface area contributed by atoms with Crippen molar-refractivity contribution < 1.29 is 23.6 Å². The fourth-order valence-electron chi connectivity index (χ4n) is 4.94. The molecule has 38 heavy (non-hydrogen) atoms. The summed E-state index contributed by atoms with van der Waals surface area (Å²) in [7, 11) is 1.65. The molecular formula is C29H32N4O5. The average molecular weight is 517 g/mol. The first-order valence-corrected chi connectivity index (χ1v) is 13.1. The number of amides is 2. The van der Waals surface area contributed by atoms with E-state index in [1.165, 1.54) is 30.1 Å². The van der Waals surface area contributed by atoms with Crippen LogP contribution in [0.4, 0.5) is 5.69 Å². The first kappa shape index (κ1) is 25.5. The highest BCUT2D eigenvalue weighted by Crippen LogP contribution is 2.34. The van der Waals surface area contributed by atoms with Gasteiger partial charge in [0.2, 0.25) is 11.7 Å². The van der Waals surface area contributed by atoms with Crippen molar-refractivity contribution in [3.8, 4) is 11.5 Å². The Morgan fingerprint density at radius 2 is 1.89 bits per heavy atom. The molecule has 1 atom stereocenters. The summed E-state index contributed by atoms with van der Waals surface area (Å²) in [5.74, 6) is 1.20. The van der Waals surface area contributed by atoms with Gasteiger partial charge in [-0.05, 0) is 68.0 Å². The van der Waals surface area contributed by atoms with Gasteiger partial charge < -0.3 is 19.3 Å². The van der Waals surface area contributed by atoms with Crippen molar-refractivity contribution in [3.05, 3.63) is 71.6 Å². The number of ether oxygens (including phenoxy) is 2. The molecule has 2 aliphatic rings. The van der Waals surface area contributed by atoms with E-state index in [1.54, 1.807) is 19.2 Å². The van der Waals surface area contributed by atoms with E-state index in [0.29, 0.717) is 24.4 Å². The lowest BCUT2D eigenvalue weighted by Crippen LogP contribution is -2.36. The van der Waals surface area contributed by atoms with Crippen molar-refractivity contribution in [1.82, 2.24) is 10.2 Å². The second-order valence-electron chi connectivity index (χ2n) is 9.66. The SMILES string of the molecule is CCC1CC(=O)N(Cc2ccc(NC(=O)c3ccno3)cc2)N=C1c1ccc(OC)c(OC2CCCC2)c1. The lowest BCUT2D eigenvalue weighted by molar-refractivity contribution is -0.133. The number of nitrogens with zero attached hydrogens (tertiary/aromatic N) is 3. The zero-order chi connectivity index (χ0) is 26.5. The van der Waals surface area contributed by atoms with Gasteiger partial charge in [-0.25, -0.2) is 5.01 Å². The second-order valence-corrected chi connectivity index (χ2v) is 9.66. The van der Waals surface area contributed by atoms with Gasteiger partial charge in [0.15, 0.2) is 11.5 Å². The molecule has 1 aromatic heterocycles. The van der Waals surface area contributed by atoms with Crippen LogP contribution in [0.2, 0.25) is 0 Å². The Morgan fingerprint density at radius 1 is 1.11 bits per heavy atom. The van der Waals surface area contributed by atoms with Gasteiger partial charge in [0.05, 0.1) is 31.7 Å². The molecular weight excluding hydrogens is 484 g/mol. The molecule has 3 aromatic rings. The van der Waals surface area contributed by atoms with Crippen LogP contribution in [0, 0.1) is 5.92 Å². The van der Waals surface area contributed by atoms with Gasteiger partial charge in [0.1, 0.15) is 0 Å². The highest BCUT2D eigenvalue weighted by atomic mass is 16.5. The summed E-state index contributed by atoms with van der Waals surface area (Å²) in [6.07, 6.45) is 7.30. The largest absolute Gasteiger partial charge is 0.493 e. The molecule has 1 aliphatic heterocycles. The van der Waals surface area contributed by atoms with Gasteiger partial charge in [-0.2, -0.15) is 5.10 Å². The first-order valence-electron chi connectivity index (χ1n) is 13.1. The van der Waals surface area contributed by atoms with Gasteiger partial charge in [-0.1, -0.05) is 24.2 Å². The number of carbonyl (C=O) groups is 2. The van der Waals surface area contributed by atoms with Crippen LogP contribution in [0.1, 0.15) is 67.1 Å². The third-order valence-corrected chi connectivity index (χ3v) is 7.08. The minimum absolute atomic E-state index is 0.0146. The lowest BCUT2D eigenvalue weighted by Gasteiger charge is -2.29. The third-order valence-electron chi connectivity index (χ3n) is 7.08. The number of nitrogens with one attached hydrogen (secondary N) is 1. The van der Waals surface area contributed by atoms with Crippen molar-refractivity contribution in [1.29, 1.82) is 0 Å². The van der Waals surface area contributed by atoms with Gasteiger partial charge in [0.25, 0.3) is 5.91 Å². The fourth-order valence-corrected chi connectivity index (χ4v) is 4.94. The number of benzene rings is 2. The van der Waals surface area contributed by atoms with Crippen molar-refractivity contribution in [2.24, 2.45) is 11.0 Å². The van der Waals surface area contributed by atoms with Crippen molar-refractivity contribution in [2.45, 2.75) is 58.1 Å². The molecule has 1 aliphatic carbocycles. The van der Waals surface area contributed by atoms with Crippen molar-refractivity contribution in [3.63, 3.8) is 0 Å². The summed E-state index contributed by atoms with van der Waals surface area (Å²) in [5, 5.41) is 12.7. The van der Waals surface area contributed by atoms with Crippen LogP contribution >= 0.6 is 0 Å². The predicted molar refractivity (Wildman–Crippen MR) is 142 cm³/mol. The molecule has 0 radical (unpaired) electrons. The number of carbonyl (C=O) groups excluding carboxylic acids is 2. The molecule has 0 bridgehead atoms. The van der Waals surface area contributed by atoms with Crippen LogP contribution in [0.3, 0.4) is 0 Å². The summed E-state index contributed by atoms with van der Waals surface area (Å²) in [5.41, 5.74) is 3.33. The molecule has 1 unspecified atom stereocenters. The molecule has 0 spiro atoms. The Balaban J connectivity index is 1.34. The van der Waals surface area contributed by atoms with E-state index in [9.17, 15) is 9.59 Å². The number of hydrogen-bond donors (Lipinski definition) is 1. The normalized spacial score (nSPS) is 17.8. The molecule has 0 saturated heterocycles. The van der Waals surface area contributed by atoms with E-state index in [2.05, 4.69) is 17.4 Å². The number of rotatable bonds is 9. The minimum atomic E-state index is -0.378. The molecule has 2 aromatic carbocycles. The Hall–Kier alpha value is -4.14. The highest BCUT2D eigenvalue weighted by Gasteiger charge is 2.30. The van der Waals surface area contributed by atoms with Gasteiger partial charge >= 0.3 is 0 Å². The number of aromatic nitrogens is 1. The lowest BCUT2D eigenvalue weighted by atomic mass is 9.89. The predicted octanol–water partition coefficient (Wildman–Crippen LogP) is 5.42. The molecule has 2 amide bonds. The zero-order valence-electron chi connectivity index (χ0n) is 21.7. The molecule has 1 N–H and O–H groups in total. The molecule has 5 rings (SSSR count). The molecule has 1 fully saturated rings. The van der Waals surface area contributed by atoms with E-state index in [1.807, 2.05) is 30.3 Å². The number of hydrogen-bond acceptors (Lipinski definition) is 7. The van der Waals surface area contributed by atoms with Crippen LogP contribution in [0.5, 0.6) is 11.5 Å². The highest BCUT2D eigenvalue weighted by molar-refractivity contribution is 6.06. The monoisotopic (exact) mass is 516 g/mol. The summed E-state index contributed by atoms with van der Waals surface area (Å²) >= 11 is 0. The second kappa shape index (κ2) is 11.5. The smallest absolute Gasteiger partial charge is 0.294 e. The van der Waals surface area contributed by atoms with Crippen molar-refractivity contribution in [2.75, 3.05) is 12.4 Å². The van der Waals surface area contributed by atoms with Crippen LogP contribution in [-0.4, -0.2) is 40.9 Å². The molecule has 2 heterocycles. The topological polar surface area (TPSA) is 106 Å². The minimum Gasteiger partial charge on any atom is -0.493 e. The van der Waals surface area contributed by atoms with E-state index in [-0.39, 0.29) is 29.6 Å². The maximum absolute atomic E-state index is 13.0. The van der Waals surface area contributed by atoms with Gasteiger partial charge in [-0.3, -0.25) is 9.59 Å². The van der Waals surface area contributed by atoms with E-state index < -0.39 is 0 Å². The van der Waals surface area contributed by atoms with Crippen LogP contribution in [-0.2, 0) is 11.3 Å². The molecule has 198 valence electrons. The van der Waals surface area contributed by atoms with Gasteiger partial charge in [-0.15, -0.1) is 0 Å². The number of methoxy groups -OCH3 is 1. The zero-order valence-corrected chi connectivity index (χ0v) is 21.7. The first-order chi connectivity index (χ1) is 18.5. The number of hydrazone groups is 1. The Morgan fingerprint density at radius 3 is 2.58 bits per heavy atom. The quantitative estimate of drug-likeness (QED) is 0.407. The third kappa shape index (κ3) is 5.72. The Labute approximate surface area is 221 Å². The molecule has 9 nitrogen and oxygen atoms in total. The molecule has 1 saturated carbocycles. The number of anilines is 1. The molecule has 9 heteroatoms. The summed E-state index contributed by atoms with van der Waals surface area (Å²) in [4.78, 5) is 25.2. The maximum Gasteiger partial charge on any atom is 0.294 e. The Kier molecular flexibility index (Phi) is 7.72. The van der Waals surface area contributed by atoms with E-state index >= 15 is 0 Å². The van der Waals surface area contributed by atoms with Crippen LogP contribution in [0.25, 0.3) is 0 Å². The summed E-state index contributed by atoms with van der Waals surface area (Å²) in [6, 6.07) is 14.7. The fraction of sp³-hybridized carbons (Fsp3) is 0.379. The van der Waals surface area contributed by atoms with Crippen molar-refractivity contribution >= 4 is 23.2 Å². The Bertz CT molecular complexity index is 1300. The maximum atomic E-state index is 13.0. The van der Waals surface area contributed by atoms with E-state index in [4.69, 9.17) is 19.1 Å².